The molecule has 0 amide bonds. The largest absolute Gasteiger partial charge is 0.477 e. The van der Waals surface area contributed by atoms with Gasteiger partial charge in [-0.25, -0.2) is 4.79 Å². The fraction of sp³-hybridized carbons (Fsp3) is 0.500. The average molecular weight is 200 g/mol. The first-order valence-electron chi connectivity index (χ1n) is 4.18. The summed E-state index contributed by atoms with van der Waals surface area (Å²) in [5.74, 6) is -1.15. The van der Waals surface area contributed by atoms with Crippen molar-refractivity contribution in [1.29, 1.82) is 0 Å². The summed E-state index contributed by atoms with van der Waals surface area (Å²) < 4.78 is 9.91. The summed E-state index contributed by atoms with van der Waals surface area (Å²) in [5, 5.41) is 8.69. The normalized spacial score (nSPS) is 10.2. The molecule has 0 aromatic heterocycles. The fourth-order valence-electron chi connectivity index (χ4n) is 0.627. The Kier molecular flexibility index (Phi) is 5.83. The smallest absolute Gasteiger partial charge is 0.361 e. The third-order valence-corrected chi connectivity index (χ3v) is 1.16. The standard InChI is InChI=1S/C10H16O4/c1-7(2)5-13-10(9(11)12)14-6-8(3)4/h10H,1,3,5-6H2,2,4H3,(H,11,12). The fourth-order valence-corrected chi connectivity index (χ4v) is 0.627. The average Bonchev–Trinajstić information content (AvgIpc) is 2.02. The van der Waals surface area contributed by atoms with Crippen molar-refractivity contribution in [2.45, 2.75) is 20.1 Å². The van der Waals surface area contributed by atoms with Gasteiger partial charge in [0.05, 0.1) is 13.2 Å². The van der Waals surface area contributed by atoms with Crippen molar-refractivity contribution in [2.75, 3.05) is 13.2 Å². The molecular formula is C10H16O4. The van der Waals surface area contributed by atoms with E-state index in [-0.39, 0.29) is 13.2 Å². The van der Waals surface area contributed by atoms with Gasteiger partial charge in [-0.15, -0.1) is 0 Å². The third kappa shape index (κ3) is 6.39. The van der Waals surface area contributed by atoms with Crippen LogP contribution in [0.4, 0.5) is 0 Å². The second-order valence-electron chi connectivity index (χ2n) is 3.21. The number of carboxylic acid groups (broad SMARTS) is 1. The molecule has 4 heteroatoms. The lowest BCUT2D eigenvalue weighted by Crippen LogP contribution is -2.28. The van der Waals surface area contributed by atoms with Crippen LogP contribution < -0.4 is 0 Å². The van der Waals surface area contributed by atoms with Gasteiger partial charge in [0, 0.05) is 0 Å². The molecule has 0 saturated heterocycles. The predicted molar refractivity (Wildman–Crippen MR) is 53.0 cm³/mol. The first kappa shape index (κ1) is 12.9. The van der Waals surface area contributed by atoms with Gasteiger partial charge in [0.2, 0.25) is 0 Å². The lowest BCUT2D eigenvalue weighted by Gasteiger charge is -2.14. The summed E-state index contributed by atoms with van der Waals surface area (Å²) >= 11 is 0. The molecule has 1 N–H and O–H groups in total. The molecule has 0 fully saturated rings. The zero-order chi connectivity index (χ0) is 11.1. The Balaban J connectivity index is 3.96. The van der Waals surface area contributed by atoms with E-state index in [0.717, 1.165) is 11.1 Å². The number of rotatable bonds is 7. The highest BCUT2D eigenvalue weighted by molar-refractivity contribution is 5.70. The second-order valence-corrected chi connectivity index (χ2v) is 3.21. The summed E-state index contributed by atoms with van der Waals surface area (Å²) in [5.41, 5.74) is 1.49. The highest BCUT2D eigenvalue weighted by Gasteiger charge is 2.18. The Morgan fingerprint density at radius 2 is 1.57 bits per heavy atom. The van der Waals surface area contributed by atoms with Gasteiger partial charge in [-0.05, 0) is 13.8 Å². The molecule has 0 unspecified atom stereocenters. The number of aliphatic carboxylic acids is 1. The molecule has 14 heavy (non-hydrogen) atoms. The Hall–Kier alpha value is -1.13. The summed E-state index contributed by atoms with van der Waals surface area (Å²) in [6, 6.07) is 0. The van der Waals surface area contributed by atoms with Gasteiger partial charge in [0.1, 0.15) is 0 Å². The maximum absolute atomic E-state index is 10.6. The van der Waals surface area contributed by atoms with Crippen molar-refractivity contribution >= 4 is 5.97 Å². The molecule has 0 atom stereocenters. The number of hydrogen-bond acceptors (Lipinski definition) is 3. The van der Waals surface area contributed by atoms with E-state index in [9.17, 15) is 4.79 Å². The van der Waals surface area contributed by atoms with Crippen LogP contribution in [0.2, 0.25) is 0 Å². The van der Waals surface area contributed by atoms with E-state index in [1.54, 1.807) is 13.8 Å². The third-order valence-electron chi connectivity index (χ3n) is 1.16. The van der Waals surface area contributed by atoms with E-state index in [2.05, 4.69) is 13.2 Å². The monoisotopic (exact) mass is 200 g/mol. The van der Waals surface area contributed by atoms with Crippen molar-refractivity contribution in [3.8, 4) is 0 Å². The number of carbonyl (C=O) groups is 1. The van der Waals surface area contributed by atoms with Crippen molar-refractivity contribution in [1.82, 2.24) is 0 Å². The molecule has 0 spiro atoms. The molecular weight excluding hydrogens is 184 g/mol. The first-order chi connectivity index (χ1) is 6.43. The summed E-state index contributed by atoms with van der Waals surface area (Å²) in [7, 11) is 0. The van der Waals surface area contributed by atoms with Crippen LogP contribution in [0.5, 0.6) is 0 Å². The van der Waals surface area contributed by atoms with Gasteiger partial charge >= 0.3 is 5.97 Å². The van der Waals surface area contributed by atoms with Crippen LogP contribution in [-0.2, 0) is 14.3 Å². The Labute approximate surface area is 83.8 Å². The van der Waals surface area contributed by atoms with Crippen LogP contribution in [0, 0.1) is 0 Å². The SMILES string of the molecule is C=C(C)COC(OCC(=C)C)C(=O)O. The molecule has 0 radical (unpaired) electrons. The molecule has 0 aliphatic rings. The van der Waals surface area contributed by atoms with E-state index >= 15 is 0 Å². The Bertz CT molecular complexity index is 214. The highest BCUT2D eigenvalue weighted by Crippen LogP contribution is 2.01. The molecule has 0 bridgehead atoms. The minimum Gasteiger partial charge on any atom is -0.477 e. The van der Waals surface area contributed by atoms with Gasteiger partial charge in [0.25, 0.3) is 6.29 Å². The molecule has 0 aliphatic heterocycles. The summed E-state index contributed by atoms with van der Waals surface area (Å²) in [6.45, 7) is 11.0. The minimum atomic E-state index is -1.25. The van der Waals surface area contributed by atoms with E-state index in [1.165, 1.54) is 0 Å². The van der Waals surface area contributed by atoms with Gasteiger partial charge < -0.3 is 14.6 Å². The van der Waals surface area contributed by atoms with Crippen molar-refractivity contribution in [3.05, 3.63) is 24.3 Å². The summed E-state index contributed by atoms with van der Waals surface area (Å²) in [6.07, 6.45) is -1.25. The van der Waals surface area contributed by atoms with E-state index in [1.807, 2.05) is 0 Å². The number of carboxylic acids is 1. The molecule has 0 heterocycles. The van der Waals surface area contributed by atoms with Crippen molar-refractivity contribution < 1.29 is 19.4 Å². The van der Waals surface area contributed by atoms with Crippen LogP contribution in [0.15, 0.2) is 24.3 Å². The molecule has 80 valence electrons. The maximum atomic E-state index is 10.6. The predicted octanol–water partition coefficient (Wildman–Crippen LogP) is 1.58. The molecule has 0 rings (SSSR count). The maximum Gasteiger partial charge on any atom is 0.361 e. The lowest BCUT2D eigenvalue weighted by atomic mass is 10.4. The van der Waals surface area contributed by atoms with Crippen LogP contribution >= 0.6 is 0 Å². The van der Waals surface area contributed by atoms with Crippen LogP contribution in [0.25, 0.3) is 0 Å². The van der Waals surface area contributed by atoms with Crippen LogP contribution in [-0.4, -0.2) is 30.6 Å². The number of ether oxygens (including phenoxy) is 2. The topological polar surface area (TPSA) is 55.8 Å². The molecule has 0 aliphatic carbocycles. The lowest BCUT2D eigenvalue weighted by molar-refractivity contribution is -0.185. The minimum absolute atomic E-state index is 0.174. The second kappa shape index (κ2) is 6.34. The Morgan fingerprint density at radius 3 is 1.79 bits per heavy atom. The molecule has 0 saturated carbocycles. The molecule has 0 aromatic rings. The van der Waals surface area contributed by atoms with E-state index < -0.39 is 12.3 Å². The van der Waals surface area contributed by atoms with Crippen molar-refractivity contribution in [2.24, 2.45) is 0 Å². The first-order valence-corrected chi connectivity index (χ1v) is 4.18. The number of hydrogen-bond donors (Lipinski definition) is 1. The van der Waals surface area contributed by atoms with Gasteiger partial charge in [-0.2, -0.15) is 0 Å². The highest BCUT2D eigenvalue weighted by atomic mass is 16.7. The summed E-state index contributed by atoms with van der Waals surface area (Å²) in [4.78, 5) is 10.6. The molecule has 0 aromatic carbocycles. The Morgan fingerprint density at radius 1 is 1.21 bits per heavy atom. The van der Waals surface area contributed by atoms with Crippen LogP contribution in [0.1, 0.15) is 13.8 Å². The zero-order valence-corrected chi connectivity index (χ0v) is 8.58. The quantitative estimate of drug-likeness (QED) is 0.500. The van der Waals surface area contributed by atoms with Gasteiger partial charge in [0.15, 0.2) is 0 Å². The van der Waals surface area contributed by atoms with Gasteiger partial charge in [-0.1, -0.05) is 24.3 Å². The van der Waals surface area contributed by atoms with Crippen LogP contribution in [0.3, 0.4) is 0 Å². The zero-order valence-electron chi connectivity index (χ0n) is 8.58. The molecule has 4 nitrogen and oxygen atoms in total. The van der Waals surface area contributed by atoms with E-state index in [4.69, 9.17) is 14.6 Å². The van der Waals surface area contributed by atoms with Crippen molar-refractivity contribution in [3.63, 3.8) is 0 Å². The van der Waals surface area contributed by atoms with E-state index in [0.29, 0.717) is 0 Å². The van der Waals surface area contributed by atoms with Gasteiger partial charge in [-0.3, -0.25) is 0 Å².